The number of hydrogen-bond acceptors (Lipinski definition) is 5. The lowest BCUT2D eigenvalue weighted by atomic mass is 10.1. The number of rotatable bonds is 6. The van der Waals surface area contributed by atoms with Gasteiger partial charge in [-0.05, 0) is 19.1 Å². The Kier molecular flexibility index (Phi) is 8.07. The summed E-state index contributed by atoms with van der Waals surface area (Å²) in [6, 6.07) is 6.35. The number of nitrogens with one attached hydrogen (secondary N) is 2. The van der Waals surface area contributed by atoms with Crippen molar-refractivity contribution in [2.75, 3.05) is 24.7 Å². The lowest BCUT2D eigenvalue weighted by Crippen LogP contribution is -2.33. The topological polar surface area (TPSA) is 118 Å². The molecule has 0 saturated heterocycles. The largest absolute Gasteiger partial charge is 0.351 e. The van der Waals surface area contributed by atoms with Crippen molar-refractivity contribution in [3.8, 4) is 0 Å². The van der Waals surface area contributed by atoms with Crippen molar-refractivity contribution in [3.63, 3.8) is 0 Å². The van der Waals surface area contributed by atoms with Gasteiger partial charge in [0.15, 0.2) is 9.84 Å². The fourth-order valence-corrected chi connectivity index (χ4v) is 1.95. The number of sulfone groups is 1. The van der Waals surface area contributed by atoms with Gasteiger partial charge in [-0.2, -0.15) is 0 Å². The molecule has 0 spiro atoms. The highest BCUT2D eigenvalue weighted by atomic mass is 35.5. The number of carbonyl (C=O) groups is 2. The molecule has 2 amide bonds. The van der Waals surface area contributed by atoms with E-state index >= 15 is 0 Å². The van der Waals surface area contributed by atoms with Gasteiger partial charge < -0.3 is 16.4 Å². The highest BCUT2D eigenvalue weighted by Gasteiger charge is 2.24. The van der Waals surface area contributed by atoms with Crippen LogP contribution in [-0.2, 0) is 14.6 Å². The first-order chi connectivity index (χ1) is 9.77. The molecule has 4 N–H and O–H groups in total. The molecule has 1 aromatic carbocycles. The van der Waals surface area contributed by atoms with E-state index in [4.69, 9.17) is 5.73 Å². The first kappa shape index (κ1) is 20.4. The van der Waals surface area contributed by atoms with E-state index in [2.05, 4.69) is 10.6 Å². The summed E-state index contributed by atoms with van der Waals surface area (Å²) >= 11 is 0. The first-order valence-corrected chi connectivity index (χ1v) is 8.30. The summed E-state index contributed by atoms with van der Waals surface area (Å²) in [6.45, 7) is 1.90. The Morgan fingerprint density at radius 1 is 1.27 bits per heavy atom. The normalized spacial score (nSPS) is 12.0. The second kappa shape index (κ2) is 8.72. The summed E-state index contributed by atoms with van der Waals surface area (Å²) in [5, 5.41) is 3.86. The van der Waals surface area contributed by atoms with Crippen LogP contribution in [-0.4, -0.2) is 44.8 Å². The second-order valence-corrected chi connectivity index (χ2v) is 6.92. The fraction of sp³-hybridized carbons (Fsp3) is 0.385. The Hall–Kier alpha value is -1.64. The maximum atomic E-state index is 11.9. The summed E-state index contributed by atoms with van der Waals surface area (Å²) in [4.78, 5) is 23.8. The van der Waals surface area contributed by atoms with Crippen LogP contribution >= 0.6 is 12.4 Å². The van der Waals surface area contributed by atoms with Gasteiger partial charge >= 0.3 is 0 Å². The molecule has 1 unspecified atom stereocenters. The van der Waals surface area contributed by atoms with E-state index in [0.717, 1.165) is 6.26 Å². The molecule has 0 radical (unpaired) electrons. The van der Waals surface area contributed by atoms with Gasteiger partial charge in [-0.25, -0.2) is 8.42 Å². The zero-order chi connectivity index (χ0) is 16.0. The SMILES string of the molecule is CC(C(=O)Nc1ccccc1C(=O)NCCN)S(C)(=O)=O.Cl. The van der Waals surface area contributed by atoms with Crippen molar-refractivity contribution in [2.24, 2.45) is 5.73 Å². The molecule has 0 saturated carbocycles. The molecule has 7 nitrogen and oxygen atoms in total. The molecule has 0 aliphatic rings. The van der Waals surface area contributed by atoms with Crippen LogP contribution < -0.4 is 16.4 Å². The van der Waals surface area contributed by atoms with Crippen LogP contribution in [0.2, 0.25) is 0 Å². The fourth-order valence-electron chi connectivity index (χ4n) is 1.50. The van der Waals surface area contributed by atoms with Crippen molar-refractivity contribution in [3.05, 3.63) is 29.8 Å². The van der Waals surface area contributed by atoms with E-state index in [9.17, 15) is 18.0 Å². The Labute approximate surface area is 136 Å². The summed E-state index contributed by atoms with van der Waals surface area (Å²) in [7, 11) is -3.50. The minimum atomic E-state index is -3.50. The van der Waals surface area contributed by atoms with Crippen LogP contribution in [0.1, 0.15) is 17.3 Å². The Morgan fingerprint density at radius 3 is 2.41 bits per heavy atom. The Bertz CT molecular complexity index is 634. The van der Waals surface area contributed by atoms with Crippen LogP contribution in [0.3, 0.4) is 0 Å². The van der Waals surface area contributed by atoms with Gasteiger partial charge in [0, 0.05) is 19.3 Å². The molecule has 22 heavy (non-hydrogen) atoms. The summed E-state index contributed by atoms with van der Waals surface area (Å²) < 4.78 is 22.7. The molecule has 124 valence electrons. The molecular weight excluding hydrogens is 330 g/mol. The maximum absolute atomic E-state index is 11.9. The van der Waals surface area contributed by atoms with E-state index in [-0.39, 0.29) is 29.6 Å². The van der Waals surface area contributed by atoms with Gasteiger partial charge in [0.2, 0.25) is 5.91 Å². The van der Waals surface area contributed by atoms with Gasteiger partial charge in [-0.3, -0.25) is 9.59 Å². The predicted molar refractivity (Wildman–Crippen MR) is 88.0 cm³/mol. The van der Waals surface area contributed by atoms with Crippen molar-refractivity contribution in [1.29, 1.82) is 0 Å². The van der Waals surface area contributed by atoms with Crippen LogP contribution in [0, 0.1) is 0 Å². The quantitative estimate of drug-likeness (QED) is 0.676. The van der Waals surface area contributed by atoms with Crippen molar-refractivity contribution in [2.45, 2.75) is 12.2 Å². The molecule has 0 aliphatic carbocycles. The molecule has 0 aromatic heterocycles. The molecule has 0 fully saturated rings. The van der Waals surface area contributed by atoms with Crippen molar-refractivity contribution >= 4 is 39.7 Å². The van der Waals surface area contributed by atoms with E-state index in [1.165, 1.54) is 19.1 Å². The number of halogens is 1. The monoisotopic (exact) mass is 349 g/mol. The van der Waals surface area contributed by atoms with Gasteiger partial charge in [-0.1, -0.05) is 12.1 Å². The average Bonchev–Trinajstić information content (AvgIpc) is 2.43. The summed E-state index contributed by atoms with van der Waals surface area (Å²) in [5.74, 6) is -1.07. The third-order valence-electron chi connectivity index (χ3n) is 2.87. The first-order valence-electron chi connectivity index (χ1n) is 6.34. The standard InChI is InChI=1S/C13H19N3O4S.ClH/c1-9(21(2,19)20)12(17)16-11-6-4-3-5-10(11)13(18)15-8-7-14;/h3-6,9H,7-8,14H2,1-2H3,(H,15,18)(H,16,17);1H. The van der Waals surface area contributed by atoms with Gasteiger partial charge in [0.1, 0.15) is 5.25 Å². The lowest BCUT2D eigenvalue weighted by Gasteiger charge is -2.13. The second-order valence-electron chi connectivity index (χ2n) is 4.55. The number of carbonyl (C=O) groups excluding carboxylic acids is 2. The van der Waals surface area contributed by atoms with Gasteiger partial charge in [0.05, 0.1) is 11.3 Å². The smallest absolute Gasteiger partial charge is 0.253 e. The van der Waals surface area contributed by atoms with E-state index in [1.807, 2.05) is 0 Å². The number of hydrogen-bond donors (Lipinski definition) is 3. The lowest BCUT2D eigenvalue weighted by molar-refractivity contribution is -0.115. The zero-order valence-electron chi connectivity index (χ0n) is 12.3. The van der Waals surface area contributed by atoms with E-state index < -0.39 is 21.0 Å². The highest BCUT2D eigenvalue weighted by molar-refractivity contribution is 7.92. The molecule has 1 atom stereocenters. The van der Waals surface area contributed by atoms with Crippen LogP contribution in [0.15, 0.2) is 24.3 Å². The van der Waals surface area contributed by atoms with Gasteiger partial charge in [-0.15, -0.1) is 12.4 Å². The van der Waals surface area contributed by atoms with Crippen LogP contribution in [0.5, 0.6) is 0 Å². The predicted octanol–water partition coefficient (Wildman–Crippen LogP) is 0.169. The molecule has 0 bridgehead atoms. The highest BCUT2D eigenvalue weighted by Crippen LogP contribution is 2.16. The summed E-state index contributed by atoms with van der Waals surface area (Å²) in [5.41, 5.74) is 5.82. The maximum Gasteiger partial charge on any atom is 0.253 e. The van der Waals surface area contributed by atoms with E-state index in [1.54, 1.807) is 12.1 Å². The molecule has 0 heterocycles. The Morgan fingerprint density at radius 2 is 1.86 bits per heavy atom. The van der Waals surface area contributed by atoms with E-state index in [0.29, 0.717) is 13.1 Å². The summed E-state index contributed by atoms with van der Waals surface area (Å²) in [6.07, 6.45) is 0.983. The number of benzene rings is 1. The number of para-hydroxylation sites is 1. The molecule has 9 heteroatoms. The molecule has 0 aliphatic heterocycles. The molecule has 1 rings (SSSR count). The van der Waals surface area contributed by atoms with Gasteiger partial charge in [0.25, 0.3) is 5.91 Å². The number of nitrogens with two attached hydrogens (primary N) is 1. The zero-order valence-corrected chi connectivity index (χ0v) is 14.0. The van der Waals surface area contributed by atoms with Crippen LogP contribution in [0.4, 0.5) is 5.69 Å². The molecular formula is C13H20ClN3O4S. The minimum absolute atomic E-state index is 0. The third kappa shape index (κ3) is 5.63. The minimum Gasteiger partial charge on any atom is -0.351 e. The number of anilines is 1. The molecule has 1 aromatic rings. The average molecular weight is 350 g/mol. The number of amides is 2. The Balaban J connectivity index is 0.00000441. The third-order valence-corrected chi connectivity index (χ3v) is 4.37. The van der Waals surface area contributed by atoms with Crippen molar-refractivity contribution in [1.82, 2.24) is 5.32 Å². The van der Waals surface area contributed by atoms with Crippen molar-refractivity contribution < 1.29 is 18.0 Å². The van der Waals surface area contributed by atoms with Crippen LogP contribution in [0.25, 0.3) is 0 Å².